The number of benzene rings is 2. The molecular weight excluding hydrogens is 480 g/mol. The van der Waals surface area contributed by atoms with Crippen molar-refractivity contribution in [3.05, 3.63) is 72.2 Å². The summed E-state index contributed by atoms with van der Waals surface area (Å²) in [5.41, 5.74) is 3.64. The Morgan fingerprint density at radius 3 is 2.71 bits per heavy atom. The highest BCUT2D eigenvalue weighted by molar-refractivity contribution is 5.88. The first-order chi connectivity index (χ1) is 18.4. The summed E-state index contributed by atoms with van der Waals surface area (Å²) in [7, 11) is 1.29. The van der Waals surface area contributed by atoms with Gasteiger partial charge in [0.15, 0.2) is 0 Å². The zero-order valence-corrected chi connectivity index (χ0v) is 21.6. The van der Waals surface area contributed by atoms with Gasteiger partial charge in [-0.3, -0.25) is 4.79 Å². The van der Waals surface area contributed by atoms with E-state index in [0.29, 0.717) is 18.1 Å². The van der Waals surface area contributed by atoms with Crippen molar-refractivity contribution in [2.45, 2.75) is 38.8 Å². The molecule has 5 rings (SSSR count). The number of rotatable bonds is 5. The molecule has 2 unspecified atom stereocenters. The number of H-pyrrole nitrogens is 2. The van der Waals surface area contributed by atoms with Gasteiger partial charge in [-0.2, -0.15) is 0 Å². The van der Waals surface area contributed by atoms with E-state index < -0.39 is 12.1 Å². The summed E-state index contributed by atoms with van der Waals surface area (Å²) in [6.45, 7) is 4.40. The van der Waals surface area contributed by atoms with Crippen LogP contribution in [0, 0.1) is 17.8 Å². The molecule has 2 aromatic heterocycles. The molecule has 9 heteroatoms. The predicted molar refractivity (Wildman–Crippen MR) is 144 cm³/mol. The molecule has 1 aliphatic rings. The fourth-order valence-corrected chi connectivity index (χ4v) is 4.81. The summed E-state index contributed by atoms with van der Waals surface area (Å²) < 4.78 is 4.71. The number of methoxy groups -OCH3 is 1. The number of nitrogens with one attached hydrogen (secondary N) is 3. The highest BCUT2D eigenvalue weighted by Crippen LogP contribution is 2.31. The van der Waals surface area contributed by atoms with Gasteiger partial charge >= 0.3 is 6.09 Å². The summed E-state index contributed by atoms with van der Waals surface area (Å²) in [5, 5.41) is 4.90. The molecule has 1 aliphatic heterocycles. The second-order valence-electron chi connectivity index (χ2n) is 9.72. The van der Waals surface area contributed by atoms with Crippen LogP contribution >= 0.6 is 0 Å². The third-order valence-electron chi connectivity index (χ3n) is 6.83. The number of fused-ring (bicyclic) bond motifs is 1. The number of likely N-dealkylation sites (tertiary alicyclic amines) is 1. The Kier molecular flexibility index (Phi) is 7.13. The number of aromatic nitrogens is 4. The third-order valence-corrected chi connectivity index (χ3v) is 6.83. The third kappa shape index (κ3) is 5.25. The number of carbonyl (C=O) groups is 2. The Balaban J connectivity index is 1.31. The zero-order valence-electron chi connectivity index (χ0n) is 21.6. The van der Waals surface area contributed by atoms with Gasteiger partial charge in [0.05, 0.1) is 37.6 Å². The molecule has 2 aromatic carbocycles. The maximum atomic E-state index is 13.3. The molecule has 2 atom stereocenters. The molecule has 0 bridgehead atoms. The number of carbonyl (C=O) groups excluding carboxylic acids is 2. The molecule has 9 nitrogen and oxygen atoms in total. The van der Waals surface area contributed by atoms with E-state index in [1.54, 1.807) is 17.4 Å². The van der Waals surface area contributed by atoms with Crippen molar-refractivity contribution in [1.29, 1.82) is 0 Å². The van der Waals surface area contributed by atoms with E-state index in [4.69, 9.17) is 4.74 Å². The van der Waals surface area contributed by atoms with E-state index in [9.17, 15) is 9.59 Å². The SMILES string of the molecule is COC(=O)NC(C(=O)N1CCCC1c1ncc(C#Cc2ccc3cc(-c4cnc[nH]4)ccc3c2)[nH]1)C(C)C. The minimum Gasteiger partial charge on any atom is -0.453 e. The number of hydrogen-bond acceptors (Lipinski definition) is 5. The summed E-state index contributed by atoms with van der Waals surface area (Å²) >= 11 is 0. The van der Waals surface area contributed by atoms with Crippen LogP contribution in [0.2, 0.25) is 0 Å². The lowest BCUT2D eigenvalue weighted by Crippen LogP contribution is -2.51. The minimum absolute atomic E-state index is 0.0834. The zero-order chi connectivity index (χ0) is 26.6. The molecule has 38 heavy (non-hydrogen) atoms. The summed E-state index contributed by atoms with van der Waals surface area (Å²) in [5.74, 6) is 6.86. The first-order valence-corrected chi connectivity index (χ1v) is 12.7. The van der Waals surface area contributed by atoms with Gasteiger partial charge in [0.25, 0.3) is 0 Å². The van der Waals surface area contributed by atoms with Crippen LogP contribution in [0.15, 0.2) is 55.1 Å². The second kappa shape index (κ2) is 10.8. The molecule has 3 heterocycles. The smallest absolute Gasteiger partial charge is 0.407 e. The van der Waals surface area contributed by atoms with Crippen molar-refractivity contribution in [3.63, 3.8) is 0 Å². The predicted octanol–water partition coefficient (Wildman–Crippen LogP) is 4.40. The van der Waals surface area contributed by atoms with Crippen molar-refractivity contribution in [2.75, 3.05) is 13.7 Å². The molecule has 1 fully saturated rings. The lowest BCUT2D eigenvalue weighted by atomic mass is 10.0. The Bertz CT molecular complexity index is 1510. The molecule has 4 aromatic rings. The van der Waals surface area contributed by atoms with E-state index in [1.807, 2.05) is 26.1 Å². The van der Waals surface area contributed by atoms with Crippen molar-refractivity contribution in [2.24, 2.45) is 5.92 Å². The largest absolute Gasteiger partial charge is 0.453 e. The van der Waals surface area contributed by atoms with Crippen LogP contribution < -0.4 is 5.32 Å². The maximum Gasteiger partial charge on any atom is 0.407 e. The monoisotopic (exact) mass is 510 g/mol. The Morgan fingerprint density at radius 2 is 1.95 bits per heavy atom. The van der Waals surface area contributed by atoms with E-state index in [1.165, 1.54) is 7.11 Å². The number of nitrogens with zero attached hydrogens (tertiary/aromatic N) is 3. The number of alkyl carbamates (subject to hydrolysis) is 1. The molecule has 0 aliphatic carbocycles. The highest BCUT2D eigenvalue weighted by atomic mass is 16.5. The summed E-state index contributed by atoms with van der Waals surface area (Å²) in [6, 6.07) is 11.5. The maximum absolute atomic E-state index is 13.3. The molecule has 1 saturated heterocycles. The van der Waals surface area contributed by atoms with E-state index in [2.05, 4.69) is 67.4 Å². The number of ether oxygens (including phenoxy) is 1. The van der Waals surface area contributed by atoms with E-state index >= 15 is 0 Å². The van der Waals surface area contributed by atoms with Crippen LogP contribution in [0.5, 0.6) is 0 Å². The van der Waals surface area contributed by atoms with E-state index in [-0.39, 0.29) is 17.9 Å². The van der Waals surface area contributed by atoms with Gasteiger partial charge in [0, 0.05) is 17.7 Å². The normalized spacial score (nSPS) is 15.8. The molecule has 0 saturated carbocycles. The molecule has 2 amide bonds. The number of hydrogen-bond donors (Lipinski definition) is 3. The lowest BCUT2D eigenvalue weighted by molar-refractivity contribution is -0.135. The fourth-order valence-electron chi connectivity index (χ4n) is 4.81. The van der Waals surface area contributed by atoms with Gasteiger partial charge < -0.3 is 24.9 Å². The quantitative estimate of drug-likeness (QED) is 0.344. The standard InChI is InChI=1S/C29H30N6O3/c1-18(2)26(34-29(37)38-3)28(36)35-12-4-5-25(35)27-31-15-23(33-27)11-7-19-6-8-21-14-22(10-9-20(21)13-19)24-16-30-17-32-24/h6,8-10,13-18,25-26H,4-5,12H2,1-3H3,(H,30,32)(H,31,33)(H,34,37). The van der Waals surface area contributed by atoms with Gasteiger partial charge in [0.2, 0.25) is 5.91 Å². The van der Waals surface area contributed by atoms with Gasteiger partial charge in [0.1, 0.15) is 17.6 Å². The van der Waals surface area contributed by atoms with Crippen LogP contribution in [-0.2, 0) is 9.53 Å². The molecule has 0 spiro atoms. The van der Waals surface area contributed by atoms with Crippen LogP contribution in [0.4, 0.5) is 4.79 Å². The number of imidazole rings is 2. The lowest BCUT2D eigenvalue weighted by Gasteiger charge is -2.29. The van der Waals surface area contributed by atoms with Gasteiger partial charge in [-0.05, 0) is 53.7 Å². The van der Waals surface area contributed by atoms with E-state index in [0.717, 1.165) is 40.4 Å². The summed E-state index contributed by atoms with van der Waals surface area (Å²) in [4.78, 5) is 41.9. The first-order valence-electron chi connectivity index (χ1n) is 12.7. The first kappa shape index (κ1) is 25.1. The van der Waals surface area contributed by atoms with Crippen LogP contribution in [0.1, 0.15) is 49.8 Å². The Morgan fingerprint density at radius 1 is 1.13 bits per heavy atom. The number of amides is 2. The van der Waals surface area contributed by atoms with Crippen molar-refractivity contribution >= 4 is 22.8 Å². The summed E-state index contributed by atoms with van der Waals surface area (Å²) in [6.07, 6.45) is 6.22. The van der Waals surface area contributed by atoms with Gasteiger partial charge in [-0.25, -0.2) is 14.8 Å². The van der Waals surface area contributed by atoms with Gasteiger partial charge in [-0.1, -0.05) is 38.0 Å². The topological polar surface area (TPSA) is 116 Å². The molecule has 3 N–H and O–H groups in total. The van der Waals surface area contributed by atoms with Crippen LogP contribution in [0.3, 0.4) is 0 Å². The average Bonchev–Trinajstić information content (AvgIpc) is 3.71. The molecule has 194 valence electrons. The van der Waals surface area contributed by atoms with Crippen molar-refractivity contribution in [3.8, 4) is 23.1 Å². The fraction of sp³-hybridized carbons (Fsp3) is 0.310. The van der Waals surface area contributed by atoms with Gasteiger partial charge in [-0.15, -0.1) is 0 Å². The number of aromatic amines is 2. The average molecular weight is 511 g/mol. The van der Waals surface area contributed by atoms with Crippen molar-refractivity contribution < 1.29 is 14.3 Å². The highest BCUT2D eigenvalue weighted by Gasteiger charge is 2.37. The van der Waals surface area contributed by atoms with Crippen molar-refractivity contribution in [1.82, 2.24) is 30.2 Å². The molecule has 0 radical (unpaired) electrons. The van der Waals surface area contributed by atoms with Crippen LogP contribution in [0.25, 0.3) is 22.0 Å². The second-order valence-corrected chi connectivity index (χ2v) is 9.72. The minimum atomic E-state index is -0.666. The Labute approximate surface area is 221 Å². The van der Waals surface area contributed by atoms with Crippen LogP contribution in [-0.4, -0.2) is 56.5 Å². The molecular formula is C29H30N6O3. The Hall–Kier alpha value is -4.58.